The number of para-hydroxylation sites is 1. The van der Waals surface area contributed by atoms with Crippen LogP contribution in [0, 0.1) is 20.8 Å². The largest absolute Gasteiger partial charge is 0.348 e. The third kappa shape index (κ3) is 4.85. The lowest BCUT2D eigenvalue weighted by Crippen LogP contribution is -2.41. The van der Waals surface area contributed by atoms with Crippen molar-refractivity contribution in [2.45, 2.75) is 33.7 Å². The van der Waals surface area contributed by atoms with E-state index in [4.69, 9.17) is 0 Å². The average Bonchev–Trinajstić information content (AvgIpc) is 2.53. The minimum absolute atomic E-state index is 0.206. The molecule has 6 heteroatoms. The van der Waals surface area contributed by atoms with Crippen LogP contribution in [0.3, 0.4) is 0 Å². The summed E-state index contributed by atoms with van der Waals surface area (Å²) >= 11 is 0. The normalized spacial score (nSPS) is 12.5. The van der Waals surface area contributed by atoms with Crippen LogP contribution < -0.4 is 9.62 Å². The third-order valence-electron chi connectivity index (χ3n) is 4.33. The predicted molar refractivity (Wildman–Crippen MR) is 106 cm³/mol. The molecule has 0 fully saturated rings. The van der Waals surface area contributed by atoms with Gasteiger partial charge in [0.25, 0.3) is 0 Å². The molecule has 0 spiro atoms. The molecule has 0 unspecified atom stereocenters. The summed E-state index contributed by atoms with van der Waals surface area (Å²) in [7, 11) is -3.59. The molecule has 0 saturated heterocycles. The highest BCUT2D eigenvalue weighted by molar-refractivity contribution is 7.92. The smallest absolute Gasteiger partial charge is 0.241 e. The lowest BCUT2D eigenvalue weighted by atomic mass is 10.1. The van der Waals surface area contributed by atoms with Gasteiger partial charge in [0.2, 0.25) is 15.9 Å². The number of anilines is 1. The first-order valence-corrected chi connectivity index (χ1v) is 10.3. The van der Waals surface area contributed by atoms with Crippen LogP contribution in [0.25, 0.3) is 0 Å². The van der Waals surface area contributed by atoms with Gasteiger partial charge in [0, 0.05) is 0 Å². The van der Waals surface area contributed by atoms with Crippen LogP contribution in [0.15, 0.2) is 42.5 Å². The molecule has 0 radical (unpaired) electrons. The zero-order valence-corrected chi connectivity index (χ0v) is 16.7. The average molecular weight is 375 g/mol. The van der Waals surface area contributed by atoms with Crippen molar-refractivity contribution >= 4 is 21.6 Å². The summed E-state index contributed by atoms with van der Waals surface area (Å²) in [6.45, 7) is 7.31. The number of hydrogen-bond donors (Lipinski definition) is 1. The number of hydrogen-bond acceptors (Lipinski definition) is 3. The lowest BCUT2D eigenvalue weighted by molar-refractivity contribution is -0.120. The summed E-state index contributed by atoms with van der Waals surface area (Å²) in [4.78, 5) is 12.5. The Balaban J connectivity index is 2.21. The predicted octanol–water partition coefficient (Wildman–Crippen LogP) is 3.26. The molecule has 2 aromatic rings. The van der Waals surface area contributed by atoms with Gasteiger partial charge in [-0.25, -0.2) is 8.42 Å². The number of carbonyl (C=O) groups is 1. The molecule has 0 bridgehead atoms. The van der Waals surface area contributed by atoms with E-state index in [9.17, 15) is 13.2 Å². The molecule has 2 rings (SSSR count). The van der Waals surface area contributed by atoms with Gasteiger partial charge in [0.05, 0.1) is 18.0 Å². The van der Waals surface area contributed by atoms with Crippen molar-refractivity contribution in [2.24, 2.45) is 0 Å². The van der Waals surface area contributed by atoms with Crippen molar-refractivity contribution in [2.75, 3.05) is 17.1 Å². The molecule has 140 valence electrons. The quantitative estimate of drug-likeness (QED) is 0.844. The summed E-state index contributed by atoms with van der Waals surface area (Å²) in [6.07, 6.45) is 1.12. The summed E-state index contributed by atoms with van der Waals surface area (Å²) in [5.41, 5.74) is 4.31. The van der Waals surface area contributed by atoms with Crippen molar-refractivity contribution in [1.29, 1.82) is 0 Å². The third-order valence-corrected chi connectivity index (χ3v) is 5.44. The summed E-state index contributed by atoms with van der Waals surface area (Å²) < 4.78 is 25.8. The number of benzene rings is 2. The molecule has 26 heavy (non-hydrogen) atoms. The van der Waals surface area contributed by atoms with E-state index in [1.165, 1.54) is 4.31 Å². The zero-order chi connectivity index (χ0) is 19.5. The fraction of sp³-hybridized carbons (Fsp3) is 0.350. The maximum atomic E-state index is 12.5. The molecule has 2 aromatic carbocycles. The maximum Gasteiger partial charge on any atom is 0.241 e. The molecule has 0 heterocycles. The van der Waals surface area contributed by atoms with Gasteiger partial charge in [-0.05, 0) is 44.4 Å². The Morgan fingerprint density at radius 1 is 1.04 bits per heavy atom. The van der Waals surface area contributed by atoms with Gasteiger partial charge in [0.1, 0.15) is 6.54 Å². The molecule has 1 N–H and O–H groups in total. The summed E-state index contributed by atoms with van der Waals surface area (Å²) in [6, 6.07) is 13.2. The molecular formula is C20H26N2O3S. The molecular weight excluding hydrogens is 348 g/mol. The highest BCUT2D eigenvalue weighted by Gasteiger charge is 2.24. The first-order chi connectivity index (χ1) is 12.1. The first-order valence-electron chi connectivity index (χ1n) is 8.49. The van der Waals surface area contributed by atoms with Gasteiger partial charge in [-0.1, -0.05) is 48.0 Å². The Hall–Kier alpha value is -2.34. The second-order valence-electron chi connectivity index (χ2n) is 6.71. The molecule has 0 saturated carbocycles. The van der Waals surface area contributed by atoms with Crippen LogP contribution in [-0.2, 0) is 14.8 Å². The Morgan fingerprint density at radius 2 is 1.58 bits per heavy atom. The monoisotopic (exact) mass is 374 g/mol. The van der Waals surface area contributed by atoms with Crippen LogP contribution >= 0.6 is 0 Å². The highest BCUT2D eigenvalue weighted by Crippen LogP contribution is 2.26. The van der Waals surface area contributed by atoms with Crippen molar-refractivity contribution < 1.29 is 13.2 Å². The van der Waals surface area contributed by atoms with E-state index in [1.807, 2.05) is 70.2 Å². The SMILES string of the molecule is Cc1ccc([C@@H](C)NC(=O)CN(c2c(C)cccc2C)S(C)(=O)=O)cc1. The fourth-order valence-corrected chi connectivity index (χ4v) is 3.89. The number of nitrogens with zero attached hydrogens (tertiary/aromatic N) is 1. The Kier molecular flexibility index (Phi) is 6.08. The van der Waals surface area contributed by atoms with Crippen LogP contribution in [0.4, 0.5) is 5.69 Å². The number of nitrogens with one attached hydrogen (secondary N) is 1. The summed E-state index contributed by atoms with van der Waals surface area (Å²) in [5, 5.41) is 2.88. The molecule has 1 amide bonds. The topological polar surface area (TPSA) is 66.5 Å². The van der Waals surface area contributed by atoms with E-state index in [0.717, 1.165) is 28.5 Å². The molecule has 0 aliphatic carbocycles. The van der Waals surface area contributed by atoms with E-state index in [1.54, 1.807) is 0 Å². The Bertz CT molecular complexity index is 870. The van der Waals surface area contributed by atoms with Crippen LogP contribution in [0.1, 0.15) is 35.2 Å². The van der Waals surface area contributed by atoms with E-state index in [-0.39, 0.29) is 18.5 Å². The fourth-order valence-electron chi connectivity index (χ4n) is 2.92. The van der Waals surface area contributed by atoms with Gasteiger partial charge in [0.15, 0.2) is 0 Å². The standard InChI is InChI=1S/C20H26N2O3S/c1-14-9-11-18(12-10-14)17(4)21-19(23)13-22(26(5,24)25)20-15(2)7-6-8-16(20)3/h6-12,17H,13H2,1-5H3,(H,21,23)/t17-/m1/s1. The highest BCUT2D eigenvalue weighted by atomic mass is 32.2. The van der Waals surface area contributed by atoms with E-state index >= 15 is 0 Å². The molecule has 1 atom stereocenters. The van der Waals surface area contributed by atoms with Gasteiger partial charge < -0.3 is 5.32 Å². The number of rotatable bonds is 6. The number of amides is 1. The van der Waals surface area contributed by atoms with Crippen molar-refractivity contribution in [3.05, 3.63) is 64.7 Å². The minimum atomic E-state index is -3.59. The minimum Gasteiger partial charge on any atom is -0.348 e. The Labute approximate surface area is 156 Å². The van der Waals surface area contributed by atoms with E-state index in [0.29, 0.717) is 5.69 Å². The molecule has 0 aliphatic rings. The zero-order valence-electron chi connectivity index (χ0n) is 15.9. The van der Waals surface area contributed by atoms with Gasteiger partial charge in [-0.15, -0.1) is 0 Å². The second kappa shape index (κ2) is 7.91. The first kappa shape index (κ1) is 20.0. The maximum absolute atomic E-state index is 12.5. The van der Waals surface area contributed by atoms with Crippen molar-refractivity contribution in [3.63, 3.8) is 0 Å². The van der Waals surface area contributed by atoms with Gasteiger partial charge >= 0.3 is 0 Å². The Morgan fingerprint density at radius 3 is 2.08 bits per heavy atom. The van der Waals surface area contributed by atoms with Gasteiger partial charge in [-0.3, -0.25) is 9.10 Å². The van der Waals surface area contributed by atoms with E-state index < -0.39 is 10.0 Å². The van der Waals surface area contributed by atoms with Crippen LogP contribution in [0.5, 0.6) is 0 Å². The second-order valence-corrected chi connectivity index (χ2v) is 8.62. The summed E-state index contributed by atoms with van der Waals surface area (Å²) in [5.74, 6) is -0.342. The number of sulfonamides is 1. The lowest BCUT2D eigenvalue weighted by Gasteiger charge is -2.26. The van der Waals surface area contributed by atoms with Crippen LogP contribution in [-0.4, -0.2) is 27.1 Å². The van der Waals surface area contributed by atoms with Crippen molar-refractivity contribution in [1.82, 2.24) is 5.32 Å². The number of carbonyl (C=O) groups excluding carboxylic acids is 1. The van der Waals surface area contributed by atoms with Gasteiger partial charge in [-0.2, -0.15) is 0 Å². The van der Waals surface area contributed by atoms with E-state index in [2.05, 4.69) is 5.32 Å². The van der Waals surface area contributed by atoms with Crippen molar-refractivity contribution in [3.8, 4) is 0 Å². The molecule has 5 nitrogen and oxygen atoms in total. The molecule has 0 aliphatic heterocycles. The van der Waals surface area contributed by atoms with Crippen LogP contribution in [0.2, 0.25) is 0 Å². The number of aryl methyl sites for hydroxylation is 3. The molecule has 0 aromatic heterocycles.